The maximum atomic E-state index is 11.6. The van der Waals surface area contributed by atoms with E-state index in [1.807, 2.05) is 26.2 Å². The Hall–Kier alpha value is -0.890. The number of carbonyl (C=O) groups excluding carboxylic acids is 2. The summed E-state index contributed by atoms with van der Waals surface area (Å²) >= 11 is 1.59. The monoisotopic (exact) mass is 370 g/mol. The molecule has 0 aliphatic heterocycles. The highest BCUT2D eigenvalue weighted by molar-refractivity contribution is 7.09. The minimum absolute atomic E-state index is 0. The number of nitrogens with zero attached hydrogens (tertiary/aromatic N) is 1. The van der Waals surface area contributed by atoms with Crippen LogP contribution < -0.4 is 16.4 Å². The van der Waals surface area contributed by atoms with E-state index in [9.17, 15) is 9.59 Å². The molecule has 1 aromatic heterocycles. The van der Waals surface area contributed by atoms with Crippen molar-refractivity contribution in [2.45, 2.75) is 33.2 Å². The van der Waals surface area contributed by atoms with Crippen LogP contribution in [0.1, 0.15) is 24.5 Å². The Morgan fingerprint density at radius 1 is 1.32 bits per heavy atom. The number of thiazole rings is 1. The van der Waals surface area contributed by atoms with Gasteiger partial charge in [0.1, 0.15) is 0 Å². The Morgan fingerprint density at radius 3 is 2.45 bits per heavy atom. The van der Waals surface area contributed by atoms with Crippen LogP contribution in [0.2, 0.25) is 0 Å². The van der Waals surface area contributed by atoms with Crippen molar-refractivity contribution in [3.8, 4) is 0 Å². The first-order valence-electron chi connectivity index (χ1n) is 6.61. The number of hydrogen-bond donors (Lipinski definition) is 3. The molecule has 1 aromatic rings. The quantitative estimate of drug-likeness (QED) is 0.668. The van der Waals surface area contributed by atoms with Gasteiger partial charge >= 0.3 is 0 Å². The summed E-state index contributed by atoms with van der Waals surface area (Å²) in [5.74, 6) is -0.475. The molecule has 0 aromatic carbocycles. The average Bonchev–Trinajstić information content (AvgIpc) is 2.80. The molecule has 0 aliphatic carbocycles. The molecule has 4 N–H and O–H groups in total. The van der Waals surface area contributed by atoms with Crippen molar-refractivity contribution in [3.63, 3.8) is 0 Å². The van der Waals surface area contributed by atoms with Gasteiger partial charge in [-0.2, -0.15) is 0 Å². The van der Waals surface area contributed by atoms with Crippen molar-refractivity contribution < 1.29 is 9.59 Å². The third kappa shape index (κ3) is 8.53. The SMILES string of the molecule is Cc1nc(CCNC(=O)CNC(=O)[C@@H](N)C(C)C)cs1.Cl.Cl. The van der Waals surface area contributed by atoms with E-state index in [0.717, 1.165) is 10.7 Å². The summed E-state index contributed by atoms with van der Waals surface area (Å²) in [6.45, 7) is 6.13. The molecule has 1 heterocycles. The molecule has 0 unspecified atom stereocenters. The van der Waals surface area contributed by atoms with Crippen molar-refractivity contribution in [1.82, 2.24) is 15.6 Å². The molecule has 6 nitrogen and oxygen atoms in total. The van der Waals surface area contributed by atoms with Gasteiger partial charge in [-0.3, -0.25) is 9.59 Å². The summed E-state index contributed by atoms with van der Waals surface area (Å²) in [6.07, 6.45) is 0.690. The summed E-state index contributed by atoms with van der Waals surface area (Å²) in [4.78, 5) is 27.4. The first-order chi connectivity index (χ1) is 9.40. The minimum atomic E-state index is -0.583. The molecule has 0 aliphatic rings. The second kappa shape index (κ2) is 11.6. The van der Waals surface area contributed by atoms with Crippen molar-refractivity contribution in [1.29, 1.82) is 0 Å². The molecule has 1 rings (SSSR count). The number of aryl methyl sites for hydroxylation is 1. The van der Waals surface area contributed by atoms with Crippen LogP contribution >= 0.6 is 36.2 Å². The minimum Gasteiger partial charge on any atom is -0.354 e. The third-order valence-corrected chi connectivity index (χ3v) is 3.64. The van der Waals surface area contributed by atoms with Gasteiger partial charge in [0, 0.05) is 18.3 Å². The fourth-order valence-corrected chi connectivity index (χ4v) is 2.15. The van der Waals surface area contributed by atoms with Crippen LogP contribution in [0.3, 0.4) is 0 Å². The number of aromatic nitrogens is 1. The van der Waals surface area contributed by atoms with E-state index in [4.69, 9.17) is 5.73 Å². The maximum absolute atomic E-state index is 11.6. The lowest BCUT2D eigenvalue weighted by molar-refractivity contribution is -0.127. The smallest absolute Gasteiger partial charge is 0.239 e. The Morgan fingerprint density at radius 2 is 1.95 bits per heavy atom. The first-order valence-corrected chi connectivity index (χ1v) is 7.49. The summed E-state index contributed by atoms with van der Waals surface area (Å²) in [5, 5.41) is 8.25. The topological polar surface area (TPSA) is 97.1 Å². The van der Waals surface area contributed by atoms with Gasteiger partial charge in [0.2, 0.25) is 11.8 Å². The second-order valence-electron chi connectivity index (χ2n) is 4.95. The molecule has 22 heavy (non-hydrogen) atoms. The van der Waals surface area contributed by atoms with Crippen molar-refractivity contribution in [2.75, 3.05) is 13.1 Å². The molecule has 0 saturated heterocycles. The molecule has 0 radical (unpaired) electrons. The third-order valence-electron chi connectivity index (χ3n) is 2.81. The van der Waals surface area contributed by atoms with Crippen LogP contribution in [-0.2, 0) is 16.0 Å². The molecule has 128 valence electrons. The van der Waals surface area contributed by atoms with E-state index in [1.54, 1.807) is 11.3 Å². The zero-order valence-corrected chi connectivity index (χ0v) is 15.4. The highest BCUT2D eigenvalue weighted by Gasteiger charge is 2.17. The number of carbonyl (C=O) groups is 2. The summed E-state index contributed by atoms with van der Waals surface area (Å²) in [6, 6.07) is -0.583. The zero-order valence-electron chi connectivity index (χ0n) is 12.9. The summed E-state index contributed by atoms with van der Waals surface area (Å²) < 4.78 is 0. The van der Waals surface area contributed by atoms with Crippen LogP contribution in [0.15, 0.2) is 5.38 Å². The normalized spacial score (nSPS) is 11.1. The zero-order chi connectivity index (χ0) is 15.1. The van der Waals surface area contributed by atoms with Crippen molar-refractivity contribution in [2.24, 2.45) is 11.7 Å². The van der Waals surface area contributed by atoms with Gasteiger partial charge in [-0.1, -0.05) is 13.8 Å². The van der Waals surface area contributed by atoms with E-state index in [2.05, 4.69) is 15.6 Å². The lowest BCUT2D eigenvalue weighted by Crippen LogP contribution is -2.47. The predicted octanol–water partition coefficient (Wildman–Crippen LogP) is 1.05. The van der Waals surface area contributed by atoms with E-state index in [-0.39, 0.29) is 49.1 Å². The lowest BCUT2D eigenvalue weighted by Gasteiger charge is -2.15. The molecule has 0 spiro atoms. The standard InChI is InChI=1S/C13H22N4O2S.2ClH/c1-8(2)12(14)13(19)16-6-11(18)15-5-4-10-7-20-9(3)17-10;;/h7-8,12H,4-6,14H2,1-3H3,(H,15,18)(H,16,19);2*1H/t12-;;/m0../s1. The summed E-state index contributed by atoms with van der Waals surface area (Å²) in [5.41, 5.74) is 6.64. The highest BCUT2D eigenvalue weighted by atomic mass is 35.5. The van der Waals surface area contributed by atoms with Gasteiger partial charge in [0.15, 0.2) is 0 Å². The van der Waals surface area contributed by atoms with Gasteiger partial charge < -0.3 is 16.4 Å². The molecule has 1 atom stereocenters. The van der Waals surface area contributed by atoms with Gasteiger partial charge in [0.25, 0.3) is 0 Å². The van der Waals surface area contributed by atoms with Gasteiger partial charge in [-0.05, 0) is 12.8 Å². The Bertz CT molecular complexity index is 469. The average molecular weight is 371 g/mol. The maximum Gasteiger partial charge on any atom is 0.239 e. The molecular weight excluding hydrogens is 347 g/mol. The molecule has 9 heteroatoms. The Kier molecular flexibility index (Phi) is 12.4. The fourth-order valence-electron chi connectivity index (χ4n) is 1.50. The van der Waals surface area contributed by atoms with Crippen molar-refractivity contribution in [3.05, 3.63) is 16.1 Å². The number of hydrogen-bond acceptors (Lipinski definition) is 5. The highest BCUT2D eigenvalue weighted by Crippen LogP contribution is 2.07. The van der Waals surface area contributed by atoms with E-state index >= 15 is 0 Å². The summed E-state index contributed by atoms with van der Waals surface area (Å²) in [7, 11) is 0. The van der Waals surface area contributed by atoms with Crippen LogP contribution in [0, 0.1) is 12.8 Å². The molecule has 0 fully saturated rings. The van der Waals surface area contributed by atoms with Crippen LogP contribution in [0.25, 0.3) is 0 Å². The largest absolute Gasteiger partial charge is 0.354 e. The van der Waals surface area contributed by atoms with Gasteiger partial charge in [0.05, 0.1) is 23.3 Å². The molecule has 0 bridgehead atoms. The lowest BCUT2D eigenvalue weighted by atomic mass is 10.1. The number of amides is 2. The van der Waals surface area contributed by atoms with Crippen LogP contribution in [-0.4, -0.2) is 35.9 Å². The van der Waals surface area contributed by atoms with Crippen molar-refractivity contribution >= 4 is 48.0 Å². The number of nitrogens with one attached hydrogen (secondary N) is 2. The molecular formula is C13H24Cl2N4O2S. The number of halogens is 2. The first kappa shape index (κ1) is 23.4. The Balaban J connectivity index is 0. The second-order valence-corrected chi connectivity index (χ2v) is 6.01. The van der Waals surface area contributed by atoms with Crippen LogP contribution in [0.4, 0.5) is 0 Å². The van der Waals surface area contributed by atoms with Gasteiger partial charge in [-0.25, -0.2) is 4.98 Å². The number of nitrogens with two attached hydrogens (primary N) is 1. The number of rotatable bonds is 7. The van der Waals surface area contributed by atoms with Gasteiger partial charge in [-0.15, -0.1) is 36.2 Å². The van der Waals surface area contributed by atoms with E-state index < -0.39 is 6.04 Å². The van der Waals surface area contributed by atoms with E-state index in [0.29, 0.717) is 13.0 Å². The Labute approximate surface area is 147 Å². The fraction of sp³-hybridized carbons (Fsp3) is 0.615. The van der Waals surface area contributed by atoms with E-state index in [1.165, 1.54) is 0 Å². The molecule has 0 saturated carbocycles. The molecule has 2 amide bonds. The predicted molar refractivity (Wildman–Crippen MR) is 93.9 cm³/mol. The van der Waals surface area contributed by atoms with Crippen LogP contribution in [0.5, 0.6) is 0 Å².